The molecule has 1 aliphatic heterocycles. The van der Waals surface area contributed by atoms with E-state index in [0.29, 0.717) is 37.6 Å². The second-order valence-corrected chi connectivity index (χ2v) is 12.2. The summed E-state index contributed by atoms with van der Waals surface area (Å²) in [6.07, 6.45) is 4.29. The van der Waals surface area contributed by atoms with Gasteiger partial charge in [0.2, 0.25) is 10.0 Å². The van der Waals surface area contributed by atoms with Crippen molar-refractivity contribution in [3.63, 3.8) is 0 Å². The fourth-order valence-corrected chi connectivity index (χ4v) is 6.53. The van der Waals surface area contributed by atoms with Crippen LogP contribution in [0.5, 0.6) is 5.75 Å². The second-order valence-electron chi connectivity index (χ2n) is 10.3. The number of rotatable bonds is 12. The molecule has 0 radical (unpaired) electrons. The number of aromatic nitrogens is 4. The number of H-pyrrole nitrogens is 1. The minimum atomic E-state index is -3.82. The van der Waals surface area contributed by atoms with Gasteiger partial charge in [-0.3, -0.25) is 9.59 Å². The first-order valence-corrected chi connectivity index (χ1v) is 15.6. The Balaban J connectivity index is 1.54. The molecule has 3 heterocycles. The Morgan fingerprint density at radius 2 is 1.90 bits per heavy atom. The van der Waals surface area contributed by atoms with E-state index in [0.717, 1.165) is 19.3 Å². The van der Waals surface area contributed by atoms with Gasteiger partial charge in [-0.1, -0.05) is 37.3 Å². The van der Waals surface area contributed by atoms with Crippen LogP contribution in [0.3, 0.4) is 0 Å². The van der Waals surface area contributed by atoms with Crippen LogP contribution in [0.1, 0.15) is 44.7 Å². The molecule has 1 unspecified atom stereocenters. The van der Waals surface area contributed by atoms with Crippen LogP contribution in [-0.2, 0) is 26.0 Å². The third-order valence-corrected chi connectivity index (χ3v) is 9.19. The van der Waals surface area contributed by atoms with Gasteiger partial charge in [0.25, 0.3) is 5.56 Å². The van der Waals surface area contributed by atoms with Crippen molar-refractivity contribution in [3.05, 3.63) is 70.8 Å². The third-order valence-electron chi connectivity index (χ3n) is 7.30. The lowest BCUT2D eigenvalue weighted by Gasteiger charge is -2.26. The van der Waals surface area contributed by atoms with Gasteiger partial charge in [0, 0.05) is 13.1 Å². The van der Waals surface area contributed by atoms with E-state index in [1.165, 1.54) is 35.3 Å². The highest BCUT2D eigenvalue weighted by molar-refractivity contribution is 7.89. The number of morpholine rings is 1. The van der Waals surface area contributed by atoms with E-state index < -0.39 is 21.6 Å². The summed E-state index contributed by atoms with van der Waals surface area (Å²) in [5.74, 6) is 0.444. The van der Waals surface area contributed by atoms with Crippen molar-refractivity contribution >= 4 is 27.0 Å². The van der Waals surface area contributed by atoms with Gasteiger partial charge in [0.05, 0.1) is 42.6 Å². The van der Waals surface area contributed by atoms with Crippen LogP contribution in [0.15, 0.2) is 64.5 Å². The van der Waals surface area contributed by atoms with Crippen LogP contribution in [0.4, 0.5) is 0 Å². The lowest BCUT2D eigenvalue weighted by molar-refractivity contribution is -0.120. The topological polar surface area (TPSA) is 136 Å². The fourth-order valence-electron chi connectivity index (χ4n) is 5.09. The molecule has 12 heteroatoms. The molecule has 1 saturated heterocycles. The van der Waals surface area contributed by atoms with E-state index in [-0.39, 0.29) is 40.8 Å². The van der Waals surface area contributed by atoms with E-state index in [4.69, 9.17) is 14.5 Å². The molecule has 5 rings (SSSR count). The van der Waals surface area contributed by atoms with Gasteiger partial charge < -0.3 is 19.0 Å². The average Bonchev–Trinajstić information content (AvgIpc) is 3.43. The SMILES string of the molecule is CCCOc1ccc(S(=O)(=O)N2CCOCC2)cc1-c1nc2c(ncn2C(CCCc2ccccc2)C(C)=O)c(=O)[nH]1. The molecule has 2 aromatic carbocycles. The number of sulfonamides is 1. The number of aryl methyl sites for hydroxylation is 1. The van der Waals surface area contributed by atoms with Crippen molar-refractivity contribution in [1.82, 2.24) is 23.8 Å². The first-order valence-electron chi connectivity index (χ1n) is 14.2. The molecule has 1 atom stereocenters. The zero-order valence-corrected chi connectivity index (χ0v) is 24.6. The van der Waals surface area contributed by atoms with E-state index in [2.05, 4.69) is 9.97 Å². The van der Waals surface area contributed by atoms with Crippen molar-refractivity contribution in [1.29, 1.82) is 0 Å². The summed E-state index contributed by atoms with van der Waals surface area (Å²) < 4.78 is 41.2. The fraction of sp³-hybridized carbons (Fsp3) is 0.400. The molecule has 0 amide bonds. The van der Waals surface area contributed by atoms with Gasteiger partial charge in [-0.25, -0.2) is 18.4 Å². The van der Waals surface area contributed by atoms with Crippen LogP contribution < -0.4 is 10.3 Å². The molecule has 222 valence electrons. The van der Waals surface area contributed by atoms with Crippen LogP contribution in [-0.4, -0.2) is 70.9 Å². The standard InChI is InChI=1S/C30H35N5O6S/c1-3-16-41-26-13-12-23(42(38,39)34-14-17-40-18-15-34)19-24(26)28-32-29-27(30(37)33-28)31-20-35(29)25(21(2)36)11-7-10-22-8-5-4-6-9-22/h4-6,8-9,12-13,19-20,25H,3,7,10-11,14-18H2,1-2H3,(H,32,33,37). The summed E-state index contributed by atoms with van der Waals surface area (Å²) >= 11 is 0. The maximum atomic E-state index is 13.4. The molecule has 0 aliphatic carbocycles. The molecule has 0 spiro atoms. The highest BCUT2D eigenvalue weighted by Gasteiger charge is 2.28. The highest BCUT2D eigenvalue weighted by atomic mass is 32.2. The van der Waals surface area contributed by atoms with Gasteiger partial charge in [0.15, 0.2) is 16.9 Å². The number of imidazole rings is 1. The van der Waals surface area contributed by atoms with E-state index in [9.17, 15) is 18.0 Å². The van der Waals surface area contributed by atoms with Gasteiger partial charge >= 0.3 is 0 Å². The lowest BCUT2D eigenvalue weighted by Crippen LogP contribution is -2.40. The quantitative estimate of drug-likeness (QED) is 0.262. The Hall–Kier alpha value is -3.87. The molecule has 42 heavy (non-hydrogen) atoms. The summed E-state index contributed by atoms with van der Waals surface area (Å²) in [6, 6.07) is 14.0. The number of hydrogen-bond donors (Lipinski definition) is 1. The minimum Gasteiger partial charge on any atom is -0.493 e. The maximum absolute atomic E-state index is 13.4. The third kappa shape index (κ3) is 6.30. The largest absolute Gasteiger partial charge is 0.493 e. The molecule has 11 nitrogen and oxygen atoms in total. The molecular formula is C30H35N5O6S. The monoisotopic (exact) mass is 593 g/mol. The van der Waals surface area contributed by atoms with Gasteiger partial charge in [-0.05, 0) is 56.4 Å². The van der Waals surface area contributed by atoms with Crippen molar-refractivity contribution in [3.8, 4) is 17.1 Å². The first kappa shape index (κ1) is 29.6. The Morgan fingerprint density at radius 3 is 2.62 bits per heavy atom. The van der Waals surface area contributed by atoms with Crippen LogP contribution in [0.2, 0.25) is 0 Å². The Morgan fingerprint density at radius 1 is 1.14 bits per heavy atom. The minimum absolute atomic E-state index is 0.0574. The molecule has 1 N–H and O–H groups in total. The summed E-state index contributed by atoms with van der Waals surface area (Å²) in [7, 11) is -3.82. The molecule has 0 bridgehead atoms. The zero-order chi connectivity index (χ0) is 29.7. The molecule has 1 aliphatic rings. The van der Waals surface area contributed by atoms with Crippen molar-refractivity contribution in [2.75, 3.05) is 32.9 Å². The number of Topliss-reactive ketones (excluding diaryl/α,β-unsaturated/α-hetero) is 1. The molecule has 2 aromatic heterocycles. The predicted octanol–water partition coefficient (Wildman–Crippen LogP) is 3.75. The molecule has 1 fully saturated rings. The Labute approximate surface area is 244 Å². The van der Waals surface area contributed by atoms with Crippen molar-refractivity contribution in [2.45, 2.75) is 50.5 Å². The summed E-state index contributed by atoms with van der Waals surface area (Å²) in [5, 5.41) is 0. The summed E-state index contributed by atoms with van der Waals surface area (Å²) in [4.78, 5) is 37.8. The number of nitrogens with zero attached hydrogens (tertiary/aromatic N) is 4. The number of carbonyl (C=O) groups excluding carboxylic acids is 1. The molecule has 0 saturated carbocycles. The normalized spacial score (nSPS) is 15.1. The van der Waals surface area contributed by atoms with E-state index >= 15 is 0 Å². The average molecular weight is 594 g/mol. The number of carbonyl (C=O) groups is 1. The van der Waals surface area contributed by atoms with Crippen molar-refractivity contribution < 1.29 is 22.7 Å². The molecule has 4 aromatic rings. The lowest BCUT2D eigenvalue weighted by atomic mass is 10.0. The smallest absolute Gasteiger partial charge is 0.279 e. The number of fused-ring (bicyclic) bond motifs is 1. The van der Waals surface area contributed by atoms with E-state index in [1.807, 2.05) is 37.3 Å². The number of aromatic amines is 1. The number of ether oxygens (including phenoxy) is 2. The van der Waals surface area contributed by atoms with Crippen molar-refractivity contribution in [2.24, 2.45) is 0 Å². The Kier molecular flexibility index (Phi) is 9.15. The number of benzene rings is 2. The summed E-state index contributed by atoms with van der Waals surface area (Å²) in [6.45, 7) is 5.02. The number of nitrogens with one attached hydrogen (secondary N) is 1. The summed E-state index contributed by atoms with van der Waals surface area (Å²) in [5.41, 5.74) is 1.35. The maximum Gasteiger partial charge on any atom is 0.279 e. The van der Waals surface area contributed by atoms with E-state index in [1.54, 1.807) is 10.6 Å². The van der Waals surface area contributed by atoms with Gasteiger partial charge in [-0.2, -0.15) is 4.31 Å². The molecular weight excluding hydrogens is 558 g/mol. The van der Waals surface area contributed by atoms with Gasteiger partial charge in [-0.15, -0.1) is 0 Å². The van der Waals surface area contributed by atoms with Crippen LogP contribution >= 0.6 is 0 Å². The highest BCUT2D eigenvalue weighted by Crippen LogP contribution is 2.32. The second kappa shape index (κ2) is 13.0. The van der Waals surface area contributed by atoms with Gasteiger partial charge in [0.1, 0.15) is 11.6 Å². The zero-order valence-electron chi connectivity index (χ0n) is 23.8. The van der Waals surface area contributed by atoms with Crippen LogP contribution in [0.25, 0.3) is 22.6 Å². The predicted molar refractivity (Wildman–Crippen MR) is 158 cm³/mol. The first-order chi connectivity index (χ1) is 20.3. The number of hydrogen-bond acceptors (Lipinski definition) is 8. The Bertz CT molecular complexity index is 1710. The number of ketones is 1. The van der Waals surface area contributed by atoms with Crippen LogP contribution in [0, 0.1) is 0 Å².